The van der Waals surface area contributed by atoms with E-state index in [4.69, 9.17) is 4.74 Å². The predicted molar refractivity (Wildman–Crippen MR) is 187 cm³/mol. The second kappa shape index (κ2) is 14.2. The summed E-state index contributed by atoms with van der Waals surface area (Å²) in [6.45, 7) is 5.73. The van der Waals surface area contributed by atoms with Crippen LogP contribution in [0.1, 0.15) is 55.1 Å². The molecule has 15 heteroatoms. The van der Waals surface area contributed by atoms with Gasteiger partial charge in [-0.3, -0.25) is 19.8 Å². The fourth-order valence-corrected chi connectivity index (χ4v) is 6.92. The summed E-state index contributed by atoms with van der Waals surface area (Å²) in [5, 5.41) is 23.2. The van der Waals surface area contributed by atoms with Gasteiger partial charge in [-0.25, -0.2) is 9.78 Å². The van der Waals surface area contributed by atoms with E-state index in [1.807, 2.05) is 25.7 Å². The second-order valence-corrected chi connectivity index (χ2v) is 14.3. The summed E-state index contributed by atoms with van der Waals surface area (Å²) in [6, 6.07) is 15.4. The van der Waals surface area contributed by atoms with E-state index in [2.05, 4.69) is 4.98 Å². The van der Waals surface area contributed by atoms with Crippen molar-refractivity contribution in [3.8, 4) is 0 Å². The Hall–Kier alpha value is -5.02. The molecule has 0 aliphatic carbocycles. The number of rotatable bonds is 9. The largest absolute Gasteiger partial charge is 0.458 e. The molecule has 2 aliphatic rings. The summed E-state index contributed by atoms with van der Waals surface area (Å²) in [5.41, 5.74) is -3.38. The van der Waals surface area contributed by atoms with Gasteiger partial charge in [0.25, 0.3) is 11.6 Å². The standard InChI is InChI=1S/C37H41F3N6O6/c1-35(2,3)52-34(48)30-10-7-15-45(30)32-14-11-26(21-41-32)33(47)43-18-16-42(17-19-43)24-36(49,37(38,39)40)29-23-44(22-25-8-5-4-6-9-25)31-20-27(46(50)51)12-13-28(29)31/h4-6,8-9,11-14,20-21,23,30,49H,7,10,15-19,22,24H2,1-3H3. The number of benzene rings is 2. The van der Waals surface area contributed by atoms with Crippen LogP contribution < -0.4 is 4.90 Å². The lowest BCUT2D eigenvalue weighted by Gasteiger charge is -2.40. The number of ether oxygens (including phenoxy) is 1. The molecule has 2 saturated heterocycles. The third-order valence-corrected chi connectivity index (χ3v) is 9.52. The Morgan fingerprint density at radius 3 is 2.33 bits per heavy atom. The second-order valence-electron chi connectivity index (χ2n) is 14.3. The number of hydrogen-bond acceptors (Lipinski definition) is 9. The van der Waals surface area contributed by atoms with Gasteiger partial charge in [0.1, 0.15) is 17.5 Å². The van der Waals surface area contributed by atoms with Crippen molar-refractivity contribution in [3.63, 3.8) is 0 Å². The zero-order valence-electron chi connectivity index (χ0n) is 29.2. The predicted octanol–water partition coefficient (Wildman–Crippen LogP) is 5.51. The third kappa shape index (κ3) is 7.60. The van der Waals surface area contributed by atoms with Crippen molar-refractivity contribution in [2.24, 2.45) is 0 Å². The minimum absolute atomic E-state index is 0.0532. The van der Waals surface area contributed by atoms with Gasteiger partial charge >= 0.3 is 12.1 Å². The molecule has 0 bridgehead atoms. The highest BCUT2D eigenvalue weighted by atomic mass is 19.4. The van der Waals surface area contributed by atoms with E-state index in [9.17, 15) is 38.0 Å². The number of nitro benzene ring substituents is 1. The first-order valence-electron chi connectivity index (χ1n) is 17.1. The van der Waals surface area contributed by atoms with Crippen molar-refractivity contribution < 1.29 is 37.5 Å². The van der Waals surface area contributed by atoms with Gasteiger partial charge in [0.2, 0.25) is 5.60 Å². The van der Waals surface area contributed by atoms with Crippen LogP contribution in [0.4, 0.5) is 24.7 Å². The summed E-state index contributed by atoms with van der Waals surface area (Å²) in [6.07, 6.45) is -1.02. The Kier molecular flexibility index (Phi) is 10.0. The number of aliphatic hydroxyl groups is 1. The zero-order chi connectivity index (χ0) is 37.4. The van der Waals surface area contributed by atoms with Crippen LogP contribution in [0.5, 0.6) is 0 Å². The van der Waals surface area contributed by atoms with Crippen LogP contribution >= 0.6 is 0 Å². The zero-order valence-corrected chi connectivity index (χ0v) is 29.2. The molecule has 1 amide bonds. The van der Waals surface area contributed by atoms with Crippen LogP contribution in [-0.2, 0) is 21.7 Å². The van der Waals surface area contributed by atoms with Crippen LogP contribution in [0.15, 0.2) is 73.1 Å². The molecule has 12 nitrogen and oxygen atoms in total. The average molecular weight is 723 g/mol. The highest BCUT2D eigenvalue weighted by molar-refractivity contribution is 5.94. The first-order valence-corrected chi connectivity index (χ1v) is 17.1. The lowest BCUT2D eigenvalue weighted by molar-refractivity contribution is -0.384. The van der Waals surface area contributed by atoms with Gasteiger partial charge in [0.15, 0.2) is 0 Å². The number of fused-ring (bicyclic) bond motifs is 1. The van der Waals surface area contributed by atoms with Crippen molar-refractivity contribution in [2.75, 3.05) is 44.2 Å². The van der Waals surface area contributed by atoms with Gasteiger partial charge in [-0.15, -0.1) is 0 Å². The summed E-state index contributed by atoms with van der Waals surface area (Å²) < 4.78 is 51.9. The number of aromatic nitrogens is 2. The van der Waals surface area contributed by atoms with Crippen LogP contribution in [0.2, 0.25) is 0 Å². The van der Waals surface area contributed by atoms with E-state index in [1.54, 1.807) is 42.5 Å². The van der Waals surface area contributed by atoms with Crippen molar-refractivity contribution in [1.82, 2.24) is 19.4 Å². The summed E-state index contributed by atoms with van der Waals surface area (Å²) in [5.74, 6) is -0.120. The Morgan fingerprint density at radius 1 is 1.00 bits per heavy atom. The molecular formula is C37H41F3N6O6. The maximum absolute atomic E-state index is 14.9. The normalized spacial score (nSPS) is 18.4. The maximum Gasteiger partial charge on any atom is 0.422 e. The van der Waals surface area contributed by atoms with Crippen molar-refractivity contribution in [1.29, 1.82) is 0 Å². The molecule has 276 valence electrons. The van der Waals surface area contributed by atoms with E-state index in [0.29, 0.717) is 24.3 Å². The van der Waals surface area contributed by atoms with Crippen LogP contribution in [-0.4, -0.2) is 98.3 Å². The van der Waals surface area contributed by atoms with Gasteiger partial charge in [0, 0.05) is 81.3 Å². The molecule has 0 saturated carbocycles. The number of hydrogen-bond donors (Lipinski definition) is 1. The first-order chi connectivity index (χ1) is 24.5. The fourth-order valence-electron chi connectivity index (χ4n) is 6.92. The highest BCUT2D eigenvalue weighted by Crippen LogP contribution is 2.44. The summed E-state index contributed by atoms with van der Waals surface area (Å²) in [4.78, 5) is 46.5. The number of carbonyl (C=O) groups excluding carboxylic acids is 2. The van der Waals surface area contributed by atoms with Crippen LogP contribution in [0.3, 0.4) is 0 Å². The fraction of sp³-hybridized carbons (Fsp3) is 0.432. The lowest BCUT2D eigenvalue weighted by atomic mass is 9.91. The minimum atomic E-state index is -5.10. The number of nitro groups is 1. The average Bonchev–Trinajstić information content (AvgIpc) is 3.73. The number of alkyl halides is 3. The third-order valence-electron chi connectivity index (χ3n) is 9.52. The Labute approximate surface area is 298 Å². The molecular weight excluding hydrogens is 681 g/mol. The molecule has 1 N–H and O–H groups in total. The Balaban J connectivity index is 1.16. The number of non-ortho nitro benzene ring substituents is 1. The summed E-state index contributed by atoms with van der Waals surface area (Å²) in [7, 11) is 0. The topological polar surface area (TPSA) is 134 Å². The number of β-amino-alcohol motifs (C(OH)–C–C–N with tert-alkyl or cyclic N) is 1. The highest BCUT2D eigenvalue weighted by Gasteiger charge is 2.57. The van der Waals surface area contributed by atoms with Gasteiger partial charge in [-0.2, -0.15) is 13.2 Å². The number of amides is 1. The quantitative estimate of drug-likeness (QED) is 0.135. The minimum Gasteiger partial charge on any atom is -0.458 e. The molecule has 4 heterocycles. The first kappa shape index (κ1) is 36.8. The SMILES string of the molecule is CC(C)(C)OC(=O)C1CCCN1c1ccc(C(=O)N2CCN(CC(O)(c3cn(Cc4ccccc4)c4cc([N+](=O)[O-])ccc34)C(F)(F)F)CC2)cn1. The van der Waals surface area contributed by atoms with Crippen molar-refractivity contribution in [2.45, 2.75) is 63.6 Å². The number of pyridine rings is 1. The molecule has 2 aliphatic heterocycles. The molecule has 2 fully saturated rings. The number of carbonyl (C=O) groups is 2. The van der Waals surface area contributed by atoms with Gasteiger partial charge in [-0.1, -0.05) is 30.3 Å². The van der Waals surface area contributed by atoms with Crippen molar-refractivity contribution in [3.05, 3.63) is 99.9 Å². The molecule has 52 heavy (non-hydrogen) atoms. The number of piperazine rings is 1. The smallest absolute Gasteiger partial charge is 0.422 e. The monoisotopic (exact) mass is 722 g/mol. The summed E-state index contributed by atoms with van der Waals surface area (Å²) >= 11 is 0. The number of nitrogens with zero attached hydrogens (tertiary/aromatic N) is 6. The molecule has 6 rings (SSSR count). The van der Waals surface area contributed by atoms with Gasteiger partial charge in [0.05, 0.1) is 16.0 Å². The van der Waals surface area contributed by atoms with E-state index in [-0.39, 0.29) is 61.2 Å². The van der Waals surface area contributed by atoms with Crippen molar-refractivity contribution >= 4 is 34.3 Å². The number of halogens is 3. The molecule has 4 aromatic rings. The van der Waals surface area contributed by atoms with E-state index in [1.165, 1.54) is 38.9 Å². The lowest BCUT2D eigenvalue weighted by Crippen LogP contribution is -2.56. The molecule has 2 unspecified atom stereocenters. The van der Waals surface area contributed by atoms with Gasteiger partial charge in [-0.05, 0) is 57.4 Å². The molecule has 0 radical (unpaired) electrons. The number of anilines is 1. The molecule has 2 atom stereocenters. The van der Waals surface area contributed by atoms with E-state index in [0.717, 1.165) is 18.1 Å². The molecule has 0 spiro atoms. The molecule has 2 aromatic carbocycles. The van der Waals surface area contributed by atoms with E-state index >= 15 is 0 Å². The maximum atomic E-state index is 14.9. The number of esters is 1. The van der Waals surface area contributed by atoms with Gasteiger partial charge < -0.3 is 24.2 Å². The van der Waals surface area contributed by atoms with E-state index < -0.39 is 40.5 Å². The molecule has 2 aromatic heterocycles. The Bertz CT molecular complexity index is 1940. The van der Waals surface area contributed by atoms with Crippen LogP contribution in [0, 0.1) is 10.1 Å². The van der Waals surface area contributed by atoms with Crippen LogP contribution in [0.25, 0.3) is 10.9 Å². The Morgan fingerprint density at radius 2 is 1.71 bits per heavy atom.